The first-order valence-electron chi connectivity index (χ1n) is 3.79. The molecule has 0 aromatic carbocycles. The van der Waals surface area contributed by atoms with E-state index in [2.05, 4.69) is 15.8 Å². The van der Waals surface area contributed by atoms with Crippen LogP contribution in [0.2, 0.25) is 0 Å². The molecule has 0 heterocycles. The standard InChI is InChI=1S/C7H13N3O2S/c1-5(3-4-6(11)12)9-10-7(13)8-2/h3-4H2,1-2H3,(H,11,12)(H2,8,10,13). The molecule has 0 aromatic heterocycles. The van der Waals surface area contributed by atoms with E-state index in [1.165, 1.54) is 0 Å². The second-order valence-electron chi connectivity index (χ2n) is 2.43. The average molecular weight is 203 g/mol. The molecule has 74 valence electrons. The molecule has 3 N–H and O–H groups in total. The van der Waals surface area contributed by atoms with Gasteiger partial charge in [-0.2, -0.15) is 5.10 Å². The van der Waals surface area contributed by atoms with Crippen molar-refractivity contribution in [2.24, 2.45) is 5.10 Å². The summed E-state index contributed by atoms with van der Waals surface area (Å²) in [5.74, 6) is -0.828. The summed E-state index contributed by atoms with van der Waals surface area (Å²) in [6.07, 6.45) is 0.512. The van der Waals surface area contributed by atoms with Crippen LogP contribution in [0.15, 0.2) is 5.10 Å². The Balaban J connectivity index is 3.75. The molecule has 0 aromatic rings. The Morgan fingerprint density at radius 1 is 1.54 bits per heavy atom. The fourth-order valence-corrected chi connectivity index (χ4v) is 0.591. The summed E-state index contributed by atoms with van der Waals surface area (Å²) in [5.41, 5.74) is 3.28. The summed E-state index contributed by atoms with van der Waals surface area (Å²) < 4.78 is 0. The number of carboxylic acid groups (broad SMARTS) is 1. The SMILES string of the molecule is CNC(=S)NN=C(C)CCC(=O)O. The Bertz CT molecular complexity index is 228. The summed E-state index contributed by atoms with van der Waals surface area (Å²) in [5, 5.41) is 15.3. The minimum atomic E-state index is -0.828. The molecule has 0 radical (unpaired) electrons. The number of thiocarbonyl (C=S) groups is 1. The Morgan fingerprint density at radius 2 is 2.15 bits per heavy atom. The van der Waals surface area contributed by atoms with E-state index in [1.807, 2.05) is 0 Å². The zero-order valence-corrected chi connectivity index (χ0v) is 8.44. The number of rotatable bonds is 4. The lowest BCUT2D eigenvalue weighted by atomic mass is 10.2. The molecule has 0 aliphatic heterocycles. The van der Waals surface area contributed by atoms with E-state index >= 15 is 0 Å². The van der Waals surface area contributed by atoms with E-state index in [4.69, 9.17) is 17.3 Å². The van der Waals surface area contributed by atoms with Crippen LogP contribution in [0.5, 0.6) is 0 Å². The maximum absolute atomic E-state index is 10.2. The van der Waals surface area contributed by atoms with E-state index < -0.39 is 5.97 Å². The molecule has 0 aliphatic rings. The summed E-state index contributed by atoms with van der Waals surface area (Å²) >= 11 is 4.76. The molecular formula is C7H13N3O2S. The molecule has 0 aliphatic carbocycles. The van der Waals surface area contributed by atoms with Crippen LogP contribution < -0.4 is 10.7 Å². The maximum atomic E-state index is 10.2. The van der Waals surface area contributed by atoms with Crippen LogP contribution in [0.1, 0.15) is 19.8 Å². The number of nitrogens with one attached hydrogen (secondary N) is 2. The molecule has 0 saturated carbocycles. The van der Waals surface area contributed by atoms with Crippen molar-refractivity contribution in [3.05, 3.63) is 0 Å². The number of aliphatic carboxylic acids is 1. The second-order valence-corrected chi connectivity index (χ2v) is 2.84. The van der Waals surface area contributed by atoms with Crippen molar-refractivity contribution in [2.75, 3.05) is 7.05 Å². The topological polar surface area (TPSA) is 73.7 Å². The fourth-order valence-electron chi connectivity index (χ4n) is 0.546. The van der Waals surface area contributed by atoms with Crippen molar-refractivity contribution in [2.45, 2.75) is 19.8 Å². The van der Waals surface area contributed by atoms with Crippen LogP contribution >= 0.6 is 12.2 Å². The normalized spacial score (nSPS) is 10.8. The number of hydrogen-bond acceptors (Lipinski definition) is 3. The van der Waals surface area contributed by atoms with Gasteiger partial charge in [0.1, 0.15) is 0 Å². The lowest BCUT2D eigenvalue weighted by Gasteiger charge is -2.02. The molecule has 0 spiro atoms. The zero-order valence-electron chi connectivity index (χ0n) is 7.63. The summed E-state index contributed by atoms with van der Waals surface area (Å²) in [6.45, 7) is 1.74. The smallest absolute Gasteiger partial charge is 0.303 e. The van der Waals surface area contributed by atoms with E-state index in [0.717, 1.165) is 0 Å². The molecular weight excluding hydrogens is 190 g/mol. The summed E-state index contributed by atoms with van der Waals surface area (Å²) in [6, 6.07) is 0. The number of hydrogen-bond donors (Lipinski definition) is 3. The van der Waals surface area contributed by atoms with Gasteiger partial charge in [0, 0.05) is 12.8 Å². The van der Waals surface area contributed by atoms with Gasteiger partial charge >= 0.3 is 5.97 Å². The van der Waals surface area contributed by atoms with Gasteiger partial charge in [0.15, 0.2) is 5.11 Å². The predicted octanol–water partition coefficient (Wildman–Crippen LogP) is 0.321. The van der Waals surface area contributed by atoms with Crippen LogP contribution in [-0.4, -0.2) is 28.9 Å². The first kappa shape index (κ1) is 11.8. The number of carbonyl (C=O) groups is 1. The lowest BCUT2D eigenvalue weighted by Crippen LogP contribution is -2.29. The Kier molecular flexibility index (Phi) is 5.79. The van der Waals surface area contributed by atoms with Gasteiger partial charge in [-0.3, -0.25) is 10.2 Å². The van der Waals surface area contributed by atoms with Crippen molar-refractivity contribution in [3.8, 4) is 0 Å². The largest absolute Gasteiger partial charge is 0.481 e. The second kappa shape index (κ2) is 6.36. The fraction of sp³-hybridized carbons (Fsp3) is 0.571. The van der Waals surface area contributed by atoms with Crippen LogP contribution in [0.3, 0.4) is 0 Å². The molecule has 0 unspecified atom stereocenters. The lowest BCUT2D eigenvalue weighted by molar-refractivity contribution is -0.136. The zero-order chi connectivity index (χ0) is 10.3. The molecule has 0 atom stereocenters. The van der Waals surface area contributed by atoms with E-state index in [9.17, 15) is 4.79 Å². The quantitative estimate of drug-likeness (QED) is 0.348. The minimum Gasteiger partial charge on any atom is -0.481 e. The van der Waals surface area contributed by atoms with Crippen molar-refractivity contribution >= 4 is 29.0 Å². The Morgan fingerprint density at radius 3 is 2.62 bits per heavy atom. The van der Waals surface area contributed by atoms with Crippen molar-refractivity contribution in [1.82, 2.24) is 10.7 Å². The summed E-state index contributed by atoms with van der Waals surface area (Å²) in [7, 11) is 1.68. The number of hydrazone groups is 1. The van der Waals surface area contributed by atoms with Gasteiger partial charge in [-0.05, 0) is 25.6 Å². The van der Waals surface area contributed by atoms with Gasteiger partial charge in [0.05, 0.1) is 6.42 Å². The predicted molar refractivity (Wildman–Crippen MR) is 54.8 cm³/mol. The van der Waals surface area contributed by atoms with Gasteiger partial charge in [-0.15, -0.1) is 0 Å². The van der Waals surface area contributed by atoms with Crippen molar-refractivity contribution in [3.63, 3.8) is 0 Å². The average Bonchev–Trinajstić information content (AvgIpc) is 2.10. The van der Waals surface area contributed by atoms with Crippen molar-refractivity contribution < 1.29 is 9.90 Å². The molecule has 0 amide bonds. The highest BCUT2D eigenvalue weighted by atomic mass is 32.1. The van der Waals surface area contributed by atoms with Crippen LogP contribution in [0, 0.1) is 0 Å². The highest BCUT2D eigenvalue weighted by molar-refractivity contribution is 7.80. The molecule has 13 heavy (non-hydrogen) atoms. The van der Waals surface area contributed by atoms with Gasteiger partial charge in [-0.1, -0.05) is 0 Å². The van der Waals surface area contributed by atoms with Crippen LogP contribution in [-0.2, 0) is 4.79 Å². The van der Waals surface area contributed by atoms with Crippen molar-refractivity contribution in [1.29, 1.82) is 0 Å². The highest BCUT2D eigenvalue weighted by Crippen LogP contribution is 1.91. The molecule has 0 saturated heterocycles. The van der Waals surface area contributed by atoms with Gasteiger partial charge in [-0.25, -0.2) is 0 Å². The maximum Gasteiger partial charge on any atom is 0.303 e. The first-order chi connectivity index (χ1) is 6.06. The summed E-state index contributed by atoms with van der Waals surface area (Å²) in [4.78, 5) is 10.2. The Labute approximate surface area is 82.2 Å². The third kappa shape index (κ3) is 7.20. The van der Waals surface area contributed by atoms with E-state index in [1.54, 1.807) is 14.0 Å². The Hall–Kier alpha value is -1.17. The molecule has 0 rings (SSSR count). The van der Waals surface area contributed by atoms with Gasteiger partial charge in [0.25, 0.3) is 0 Å². The van der Waals surface area contributed by atoms with Gasteiger partial charge in [0.2, 0.25) is 0 Å². The molecule has 0 bridgehead atoms. The van der Waals surface area contributed by atoms with Crippen LogP contribution in [0.4, 0.5) is 0 Å². The minimum absolute atomic E-state index is 0.0866. The van der Waals surface area contributed by atoms with E-state index in [0.29, 0.717) is 17.2 Å². The van der Waals surface area contributed by atoms with Gasteiger partial charge < -0.3 is 10.4 Å². The molecule has 0 fully saturated rings. The molecule has 6 heteroatoms. The highest BCUT2D eigenvalue weighted by Gasteiger charge is 1.98. The molecule has 5 nitrogen and oxygen atoms in total. The van der Waals surface area contributed by atoms with E-state index in [-0.39, 0.29) is 6.42 Å². The number of nitrogens with zero attached hydrogens (tertiary/aromatic N) is 1. The first-order valence-corrected chi connectivity index (χ1v) is 4.19. The number of carboxylic acids is 1. The van der Waals surface area contributed by atoms with Crippen LogP contribution in [0.25, 0.3) is 0 Å². The third-order valence-corrected chi connectivity index (χ3v) is 1.57. The third-order valence-electron chi connectivity index (χ3n) is 1.28. The monoisotopic (exact) mass is 203 g/mol.